The molecule has 1 heterocycles. The summed E-state index contributed by atoms with van der Waals surface area (Å²) in [6.45, 7) is 3.77. The lowest BCUT2D eigenvalue weighted by molar-refractivity contribution is -0.141. The molecule has 9 amide bonds. The molecule has 1 aromatic carbocycles. The number of aliphatic hydroxyl groups excluding tert-OH is 2. The molecule has 9 atom stereocenters. The predicted molar refractivity (Wildman–Crippen MR) is 262 cm³/mol. The number of benzene rings is 1. The number of unbranched alkanes of at least 4 members (excludes halogenated alkanes) is 1. The minimum absolute atomic E-state index is 0.000135. The van der Waals surface area contributed by atoms with Gasteiger partial charge in [0.15, 0.2) is 0 Å². The number of carbonyl (C=O) groups is 10. The zero-order valence-electron chi connectivity index (χ0n) is 39.4. The standard InChI is InChI=1S/C43H68N12O13S2/c1-21(2)13-29(39(63)52-30(40(64)55-33(20-70)43(67)68)14-24-15-46-27-10-6-5-9-25(24)27)51-41(65)32(18-57)54-42(66)31(17-56)53-36(60)23(4)49-38(62)28(11-7-8-12-44)50-34(58)16-47-35(59)22(3)48-37(61)26(45)19-69/h5-6,9-10,15,21-23,26,28-33,46,56-57,69-70H,7-8,11-14,16-20,44-45H2,1-4H3,(H,47,59)(H,48,61)(H,49,62)(H,50,58)(H,51,65)(H,52,63)(H,53,60)(H,54,66)(H,55,64)(H,67,68). The minimum Gasteiger partial charge on any atom is -0.480 e. The maximum atomic E-state index is 13.9. The first kappa shape index (κ1) is 60.1. The van der Waals surface area contributed by atoms with E-state index in [-0.39, 0.29) is 43.2 Å². The van der Waals surface area contributed by atoms with Crippen LogP contribution >= 0.6 is 25.3 Å². The fourth-order valence-electron chi connectivity index (χ4n) is 6.57. The Kier molecular flexibility index (Phi) is 26.3. The van der Waals surface area contributed by atoms with E-state index in [1.54, 1.807) is 44.3 Å². The topological polar surface area (TPSA) is 407 Å². The summed E-state index contributed by atoms with van der Waals surface area (Å²) in [5.41, 5.74) is 12.5. The van der Waals surface area contributed by atoms with Gasteiger partial charge in [0, 0.05) is 35.0 Å². The summed E-state index contributed by atoms with van der Waals surface area (Å²) in [6, 6.07) is -5.03. The largest absolute Gasteiger partial charge is 0.480 e. The molecular formula is C43H68N12O13S2. The van der Waals surface area contributed by atoms with Crippen molar-refractivity contribution >= 4 is 95.3 Å². The highest BCUT2D eigenvalue weighted by Gasteiger charge is 2.34. The number of aliphatic hydroxyl groups is 2. The van der Waals surface area contributed by atoms with Crippen LogP contribution in [0.2, 0.25) is 0 Å². The molecule has 0 saturated carbocycles. The van der Waals surface area contributed by atoms with Crippen LogP contribution in [0.5, 0.6) is 0 Å². The van der Waals surface area contributed by atoms with E-state index < -0.39 is 133 Å². The molecule has 0 aliphatic rings. The van der Waals surface area contributed by atoms with Crippen LogP contribution in [-0.2, 0) is 54.4 Å². The smallest absolute Gasteiger partial charge is 0.327 e. The van der Waals surface area contributed by atoms with Crippen molar-refractivity contribution in [2.45, 2.75) is 114 Å². The summed E-state index contributed by atoms with van der Waals surface area (Å²) in [7, 11) is 0. The number of nitrogens with two attached hydrogens (primary N) is 2. The van der Waals surface area contributed by atoms with Crippen molar-refractivity contribution in [1.29, 1.82) is 0 Å². The molecule has 9 unspecified atom stereocenters. The molecule has 27 heteroatoms. The lowest BCUT2D eigenvalue weighted by Crippen LogP contribution is -2.61. The summed E-state index contributed by atoms with van der Waals surface area (Å²) in [6.07, 6.45) is 2.46. The Morgan fingerprint density at radius 3 is 1.70 bits per heavy atom. The van der Waals surface area contributed by atoms with Gasteiger partial charge in [-0.3, -0.25) is 43.2 Å². The second-order valence-corrected chi connectivity index (χ2v) is 17.5. The fraction of sp³-hybridized carbons (Fsp3) is 0.581. The molecular weight excluding hydrogens is 957 g/mol. The number of aromatic nitrogens is 1. The van der Waals surface area contributed by atoms with Gasteiger partial charge < -0.3 is 79.6 Å². The van der Waals surface area contributed by atoms with Gasteiger partial charge >= 0.3 is 5.97 Å². The third-order valence-electron chi connectivity index (χ3n) is 10.6. The number of carboxylic acid groups (broad SMARTS) is 1. The number of nitrogens with one attached hydrogen (secondary N) is 10. The number of fused-ring (bicyclic) bond motifs is 1. The Bertz CT molecular complexity index is 2130. The van der Waals surface area contributed by atoms with Crippen LogP contribution in [0.3, 0.4) is 0 Å². The van der Waals surface area contributed by atoms with E-state index in [2.05, 4.69) is 78.1 Å². The fourth-order valence-corrected chi connectivity index (χ4v) is 6.98. The summed E-state index contributed by atoms with van der Waals surface area (Å²) >= 11 is 7.94. The van der Waals surface area contributed by atoms with Gasteiger partial charge in [0.1, 0.15) is 48.3 Å². The first-order valence-corrected chi connectivity index (χ1v) is 23.7. The van der Waals surface area contributed by atoms with Crippen molar-refractivity contribution in [2.24, 2.45) is 17.4 Å². The van der Waals surface area contributed by atoms with Crippen LogP contribution in [0.25, 0.3) is 10.9 Å². The van der Waals surface area contributed by atoms with Crippen molar-refractivity contribution in [3.8, 4) is 0 Å². The minimum atomic E-state index is -1.74. The van der Waals surface area contributed by atoms with Crippen molar-refractivity contribution in [3.05, 3.63) is 36.0 Å². The van der Waals surface area contributed by atoms with E-state index in [1.165, 1.54) is 13.8 Å². The molecule has 0 fully saturated rings. The van der Waals surface area contributed by atoms with E-state index in [4.69, 9.17) is 11.5 Å². The second-order valence-electron chi connectivity index (χ2n) is 16.8. The lowest BCUT2D eigenvalue weighted by atomic mass is 10.00. The number of H-pyrrole nitrogens is 1. The summed E-state index contributed by atoms with van der Waals surface area (Å²) in [4.78, 5) is 133. The monoisotopic (exact) mass is 1020 g/mol. The number of amides is 9. The Morgan fingerprint density at radius 2 is 1.13 bits per heavy atom. The zero-order valence-corrected chi connectivity index (χ0v) is 41.2. The molecule has 0 spiro atoms. The van der Waals surface area contributed by atoms with Crippen LogP contribution in [0.1, 0.15) is 58.9 Å². The van der Waals surface area contributed by atoms with Crippen molar-refractivity contribution in [1.82, 2.24) is 52.8 Å². The van der Waals surface area contributed by atoms with Gasteiger partial charge in [-0.05, 0) is 63.6 Å². The van der Waals surface area contributed by atoms with E-state index in [9.17, 15) is 63.3 Å². The predicted octanol–water partition coefficient (Wildman–Crippen LogP) is -4.82. The van der Waals surface area contributed by atoms with Crippen LogP contribution in [0.4, 0.5) is 0 Å². The van der Waals surface area contributed by atoms with E-state index in [0.29, 0.717) is 18.4 Å². The number of carbonyl (C=O) groups excluding carboxylic acids is 9. The van der Waals surface area contributed by atoms with Crippen molar-refractivity contribution in [3.63, 3.8) is 0 Å². The number of para-hydroxylation sites is 1. The number of rotatable bonds is 31. The summed E-state index contributed by atoms with van der Waals surface area (Å²) < 4.78 is 0. The lowest BCUT2D eigenvalue weighted by Gasteiger charge is -2.27. The van der Waals surface area contributed by atoms with Crippen LogP contribution in [0, 0.1) is 5.92 Å². The number of aliphatic carboxylic acids is 1. The van der Waals surface area contributed by atoms with Gasteiger partial charge in [0.2, 0.25) is 53.2 Å². The van der Waals surface area contributed by atoms with E-state index >= 15 is 0 Å². The Hall–Kier alpha value is -6.00. The highest BCUT2D eigenvalue weighted by molar-refractivity contribution is 7.80. The third kappa shape index (κ3) is 19.8. The molecule has 390 valence electrons. The highest BCUT2D eigenvalue weighted by Crippen LogP contribution is 2.20. The van der Waals surface area contributed by atoms with Gasteiger partial charge in [0.05, 0.1) is 25.8 Å². The average Bonchev–Trinajstić information content (AvgIpc) is 3.73. The quantitative estimate of drug-likeness (QED) is 0.0249. The number of thiol groups is 2. The second kappa shape index (κ2) is 30.6. The molecule has 0 bridgehead atoms. The van der Waals surface area contributed by atoms with Gasteiger partial charge in [-0.25, -0.2) is 4.79 Å². The number of carboxylic acids is 1. The number of aromatic amines is 1. The molecule has 2 rings (SSSR count). The van der Waals surface area contributed by atoms with Crippen LogP contribution in [0.15, 0.2) is 30.5 Å². The first-order valence-electron chi connectivity index (χ1n) is 22.5. The Labute approximate surface area is 415 Å². The van der Waals surface area contributed by atoms with E-state index in [1.807, 2.05) is 0 Å². The summed E-state index contributed by atoms with van der Waals surface area (Å²) in [5.74, 6) is -9.66. The molecule has 0 radical (unpaired) electrons. The van der Waals surface area contributed by atoms with Gasteiger partial charge in [0.25, 0.3) is 0 Å². The third-order valence-corrected chi connectivity index (χ3v) is 11.3. The Balaban J connectivity index is 2.13. The highest BCUT2D eigenvalue weighted by atomic mass is 32.1. The number of hydrogen-bond donors (Lipinski definition) is 17. The zero-order chi connectivity index (χ0) is 52.7. The first-order chi connectivity index (χ1) is 33.1. The van der Waals surface area contributed by atoms with Gasteiger partial charge in [-0.1, -0.05) is 32.0 Å². The molecule has 17 N–H and O–H groups in total. The molecule has 70 heavy (non-hydrogen) atoms. The van der Waals surface area contributed by atoms with Gasteiger partial charge in [-0.15, -0.1) is 0 Å². The van der Waals surface area contributed by atoms with E-state index in [0.717, 1.165) is 10.9 Å². The normalized spacial score (nSPS) is 15.0. The summed E-state index contributed by atoms with van der Waals surface area (Å²) in [5, 5.41) is 52.1. The molecule has 0 saturated heterocycles. The average molecular weight is 1030 g/mol. The van der Waals surface area contributed by atoms with Gasteiger partial charge in [-0.2, -0.15) is 25.3 Å². The SMILES string of the molecule is CC(C)CC(NC(=O)C(CO)NC(=O)C(CO)NC(=O)C(C)NC(=O)C(CCCCN)NC(=O)CNC(=O)C(C)NC(=O)C(N)CS)C(=O)NC(Cc1c[nH]c2ccccc12)C(=O)NC(CS)C(=O)O. The Morgan fingerprint density at radius 1 is 0.614 bits per heavy atom. The molecule has 0 aliphatic carbocycles. The van der Waals surface area contributed by atoms with Crippen LogP contribution < -0.4 is 59.3 Å². The maximum Gasteiger partial charge on any atom is 0.327 e. The molecule has 25 nitrogen and oxygen atoms in total. The maximum absolute atomic E-state index is 13.9. The molecule has 0 aliphatic heterocycles. The molecule has 2 aromatic rings. The van der Waals surface area contributed by atoms with Crippen molar-refractivity contribution in [2.75, 3.05) is 37.8 Å². The number of hydrogen-bond acceptors (Lipinski definition) is 16. The molecule has 1 aromatic heterocycles. The van der Waals surface area contributed by atoms with Crippen molar-refractivity contribution < 1.29 is 63.3 Å². The van der Waals surface area contributed by atoms with Crippen LogP contribution in [-0.4, -0.2) is 172 Å².